The zero-order valence-corrected chi connectivity index (χ0v) is 22.4. The molecule has 9 nitrogen and oxygen atoms in total. The molecule has 0 radical (unpaired) electrons. The van der Waals surface area contributed by atoms with Crippen LogP contribution in [-0.2, 0) is 10.9 Å². The maximum Gasteiger partial charge on any atom is 0.418 e. The van der Waals surface area contributed by atoms with Gasteiger partial charge in [0.1, 0.15) is 35.5 Å². The summed E-state index contributed by atoms with van der Waals surface area (Å²) < 4.78 is 89.6. The normalized spacial score (nSPS) is 26.9. The quantitative estimate of drug-likeness (QED) is 0.231. The van der Waals surface area contributed by atoms with E-state index < -0.39 is 82.1 Å². The first kappa shape index (κ1) is 30.7. The molecule has 3 heterocycles. The van der Waals surface area contributed by atoms with E-state index in [0.29, 0.717) is 36.7 Å². The van der Waals surface area contributed by atoms with Gasteiger partial charge in [0.05, 0.1) is 34.9 Å². The number of hydrogen-bond donors (Lipinski definition) is 4. The molecule has 1 saturated heterocycles. The Hall–Kier alpha value is -2.76. The molecular formula is C26H26F6N4O5S. The minimum Gasteiger partial charge on any atom is -0.394 e. The van der Waals surface area contributed by atoms with Gasteiger partial charge in [-0.15, -0.1) is 16.9 Å². The molecule has 3 aromatic rings. The fourth-order valence-corrected chi connectivity index (χ4v) is 7.05. The highest BCUT2D eigenvalue weighted by Gasteiger charge is 2.52. The van der Waals surface area contributed by atoms with Gasteiger partial charge >= 0.3 is 6.18 Å². The van der Waals surface area contributed by atoms with Gasteiger partial charge in [-0.05, 0) is 37.1 Å². The standard InChI is InChI=1S/C26H26F6N4O5S/c27-14-8-12(9-15(28)18(14)29)16-10-36(35-34-16)20-21(38)17(11-37)41-24(22(20)39)42-23(25(40)5-1-2-6-25)19-13(26(30,31)32)4-3-7-33-19/h3-4,7-10,17,20-24,37-40H,1-2,5-6,11H2/t17-,20+,21+,22-,23+,24+/m1/s1. The van der Waals surface area contributed by atoms with Crippen LogP contribution in [0.3, 0.4) is 0 Å². The Morgan fingerprint density at radius 2 is 1.76 bits per heavy atom. The predicted octanol–water partition coefficient (Wildman–Crippen LogP) is 3.54. The summed E-state index contributed by atoms with van der Waals surface area (Å²) in [6.45, 7) is -0.760. The molecular weight excluding hydrogens is 594 g/mol. The summed E-state index contributed by atoms with van der Waals surface area (Å²) in [4.78, 5) is 3.96. The number of thioether (sulfide) groups is 1. The molecule has 1 saturated carbocycles. The van der Waals surface area contributed by atoms with Crippen LogP contribution >= 0.6 is 11.8 Å². The van der Waals surface area contributed by atoms with Crippen molar-refractivity contribution >= 4 is 11.8 Å². The number of alkyl halides is 3. The molecule has 2 fully saturated rings. The number of aliphatic hydroxyl groups excluding tert-OH is 3. The number of nitrogens with zero attached hydrogens (tertiary/aromatic N) is 4. The summed E-state index contributed by atoms with van der Waals surface area (Å²) in [5, 5.41) is 50.0. The van der Waals surface area contributed by atoms with Gasteiger partial charge in [-0.3, -0.25) is 4.98 Å². The number of hydrogen-bond acceptors (Lipinski definition) is 9. The van der Waals surface area contributed by atoms with Crippen molar-refractivity contribution in [3.63, 3.8) is 0 Å². The average molecular weight is 621 g/mol. The van der Waals surface area contributed by atoms with Gasteiger partial charge in [0.15, 0.2) is 17.5 Å². The highest BCUT2D eigenvalue weighted by atomic mass is 32.2. The van der Waals surface area contributed by atoms with Crippen LogP contribution in [0.5, 0.6) is 0 Å². The smallest absolute Gasteiger partial charge is 0.394 e. The van der Waals surface area contributed by atoms with Crippen molar-refractivity contribution in [3.05, 3.63) is 65.4 Å². The molecule has 1 aliphatic heterocycles. The third-order valence-electron chi connectivity index (χ3n) is 7.56. The fraction of sp³-hybridized carbons (Fsp3) is 0.500. The van der Waals surface area contributed by atoms with E-state index in [0.717, 1.165) is 29.2 Å². The molecule has 2 aromatic heterocycles. The molecule has 1 aromatic carbocycles. The zero-order valence-electron chi connectivity index (χ0n) is 21.6. The summed E-state index contributed by atoms with van der Waals surface area (Å²) in [6.07, 6.45) is -5.78. The molecule has 42 heavy (non-hydrogen) atoms. The van der Waals surface area contributed by atoms with Crippen molar-refractivity contribution in [2.24, 2.45) is 0 Å². The molecule has 4 N–H and O–H groups in total. The summed E-state index contributed by atoms with van der Waals surface area (Å²) in [7, 11) is 0. The summed E-state index contributed by atoms with van der Waals surface area (Å²) in [5.41, 5.74) is -4.92. The second kappa shape index (κ2) is 11.7. The van der Waals surface area contributed by atoms with Crippen LogP contribution in [0.4, 0.5) is 26.3 Å². The highest BCUT2D eigenvalue weighted by Crippen LogP contribution is 2.52. The second-order valence-corrected chi connectivity index (χ2v) is 11.5. The minimum absolute atomic E-state index is 0.148. The van der Waals surface area contributed by atoms with Gasteiger partial charge in [0.25, 0.3) is 0 Å². The van der Waals surface area contributed by atoms with Gasteiger partial charge in [-0.25, -0.2) is 17.9 Å². The molecule has 1 aliphatic carbocycles. The topological polar surface area (TPSA) is 134 Å². The van der Waals surface area contributed by atoms with Crippen molar-refractivity contribution in [2.75, 3.05) is 6.61 Å². The molecule has 6 atom stereocenters. The minimum atomic E-state index is -4.80. The fourth-order valence-electron chi connectivity index (χ4n) is 5.45. The van der Waals surface area contributed by atoms with E-state index in [2.05, 4.69) is 15.3 Å². The van der Waals surface area contributed by atoms with Crippen molar-refractivity contribution < 1.29 is 51.5 Å². The zero-order chi connectivity index (χ0) is 30.4. The lowest BCUT2D eigenvalue weighted by Crippen LogP contribution is -2.55. The van der Waals surface area contributed by atoms with E-state index in [1.54, 1.807) is 0 Å². The molecule has 0 spiro atoms. The number of rotatable bonds is 7. The second-order valence-electron chi connectivity index (χ2n) is 10.3. The number of ether oxygens (including phenoxy) is 1. The van der Waals surface area contributed by atoms with Crippen LogP contribution in [-0.4, -0.2) is 76.4 Å². The summed E-state index contributed by atoms with van der Waals surface area (Å²) >= 11 is 0.672. The van der Waals surface area contributed by atoms with E-state index in [1.165, 1.54) is 0 Å². The lowest BCUT2D eigenvalue weighted by Gasteiger charge is -2.44. The molecule has 16 heteroatoms. The molecule has 0 unspecified atom stereocenters. The Morgan fingerprint density at radius 1 is 1.10 bits per heavy atom. The van der Waals surface area contributed by atoms with E-state index in [-0.39, 0.29) is 24.1 Å². The third kappa shape index (κ3) is 5.75. The predicted molar refractivity (Wildman–Crippen MR) is 135 cm³/mol. The monoisotopic (exact) mass is 620 g/mol. The van der Waals surface area contributed by atoms with E-state index in [1.807, 2.05) is 0 Å². The summed E-state index contributed by atoms with van der Waals surface area (Å²) in [6, 6.07) is 1.91. The van der Waals surface area contributed by atoms with Gasteiger partial charge in [-0.2, -0.15) is 13.2 Å². The van der Waals surface area contributed by atoms with Crippen molar-refractivity contribution in [1.82, 2.24) is 20.0 Å². The number of halogens is 6. The number of pyridine rings is 1. The molecule has 0 bridgehead atoms. The Morgan fingerprint density at radius 3 is 2.38 bits per heavy atom. The van der Waals surface area contributed by atoms with Gasteiger partial charge < -0.3 is 25.2 Å². The van der Waals surface area contributed by atoms with Crippen LogP contribution in [0.25, 0.3) is 11.3 Å². The molecule has 0 amide bonds. The van der Waals surface area contributed by atoms with Gasteiger partial charge in [0.2, 0.25) is 0 Å². The van der Waals surface area contributed by atoms with Gasteiger partial charge in [-0.1, -0.05) is 18.1 Å². The van der Waals surface area contributed by atoms with Crippen LogP contribution in [0.2, 0.25) is 0 Å². The Bertz CT molecular complexity index is 1400. The molecule has 228 valence electrons. The van der Waals surface area contributed by atoms with Crippen molar-refractivity contribution in [2.45, 2.75) is 72.5 Å². The van der Waals surface area contributed by atoms with E-state index in [9.17, 15) is 46.8 Å². The lowest BCUT2D eigenvalue weighted by molar-refractivity contribution is -0.179. The first-order chi connectivity index (χ1) is 19.8. The molecule has 2 aliphatic rings. The Balaban J connectivity index is 1.50. The Labute approximate surface area is 239 Å². The van der Waals surface area contributed by atoms with Crippen molar-refractivity contribution in [3.8, 4) is 11.3 Å². The SMILES string of the molecule is OC[C@H]1O[C@@H](S[C@@H](c2ncccc2C(F)(F)F)C2(O)CCCC2)[C@H](O)[C@@H](n2cc(-c3cc(F)c(F)c(F)c3)nn2)[C@H]1O. The third-order valence-corrected chi connectivity index (χ3v) is 9.16. The Kier molecular flexibility index (Phi) is 8.57. The number of aromatic nitrogens is 4. The molecule has 5 rings (SSSR count). The maximum atomic E-state index is 14.0. The van der Waals surface area contributed by atoms with Crippen LogP contribution in [0, 0.1) is 17.5 Å². The van der Waals surface area contributed by atoms with Crippen LogP contribution in [0.15, 0.2) is 36.7 Å². The summed E-state index contributed by atoms with van der Waals surface area (Å²) in [5.74, 6) is -4.65. The highest BCUT2D eigenvalue weighted by molar-refractivity contribution is 8.00. The van der Waals surface area contributed by atoms with E-state index in [4.69, 9.17) is 4.74 Å². The largest absolute Gasteiger partial charge is 0.418 e. The average Bonchev–Trinajstić information content (AvgIpc) is 3.61. The maximum absolute atomic E-state index is 14.0. The van der Waals surface area contributed by atoms with Crippen LogP contribution in [0.1, 0.15) is 48.2 Å². The number of benzene rings is 1. The van der Waals surface area contributed by atoms with Gasteiger partial charge in [0, 0.05) is 11.8 Å². The lowest BCUT2D eigenvalue weighted by atomic mass is 9.92. The first-order valence-corrected chi connectivity index (χ1v) is 13.9. The first-order valence-electron chi connectivity index (χ1n) is 12.9. The van der Waals surface area contributed by atoms with E-state index >= 15 is 0 Å². The van der Waals surface area contributed by atoms with Crippen LogP contribution < -0.4 is 0 Å². The number of aliphatic hydroxyl groups is 4. The van der Waals surface area contributed by atoms with Crippen molar-refractivity contribution in [1.29, 1.82) is 0 Å².